The molecule has 0 spiro atoms. The third-order valence-corrected chi connectivity index (χ3v) is 3.01. The molecular weight excluding hydrogens is 307 g/mol. The summed E-state index contributed by atoms with van der Waals surface area (Å²) in [6, 6.07) is 5.53. The minimum atomic E-state index is -0.269. The summed E-state index contributed by atoms with van der Waals surface area (Å²) in [6.07, 6.45) is 0. The molecule has 1 aromatic heterocycles. The Hall–Kier alpha value is -1.07. The van der Waals surface area contributed by atoms with E-state index in [-0.39, 0.29) is 5.38 Å². The number of rotatable bonds is 3. The fraction of sp³-hybridized carbons (Fsp3) is 0.273. The van der Waals surface area contributed by atoms with E-state index in [1.165, 1.54) is 0 Å². The molecule has 0 bridgehead atoms. The van der Waals surface area contributed by atoms with Crippen molar-refractivity contribution in [2.24, 2.45) is 0 Å². The predicted octanol–water partition coefficient (Wildman–Crippen LogP) is 3.81. The number of hydrogen-bond acceptors (Lipinski definition) is 4. The lowest BCUT2D eigenvalue weighted by atomic mass is 10.2. The summed E-state index contributed by atoms with van der Waals surface area (Å²) in [5, 5.41) is 3.53. The van der Waals surface area contributed by atoms with Gasteiger partial charge in [-0.05, 0) is 41.1 Å². The van der Waals surface area contributed by atoms with Crippen LogP contribution in [0.4, 0.5) is 0 Å². The monoisotopic (exact) mass is 316 g/mol. The van der Waals surface area contributed by atoms with Crippen molar-refractivity contribution >= 4 is 27.5 Å². The molecule has 0 amide bonds. The van der Waals surface area contributed by atoms with Gasteiger partial charge in [-0.3, -0.25) is 0 Å². The van der Waals surface area contributed by atoms with E-state index in [0.717, 1.165) is 15.8 Å². The summed E-state index contributed by atoms with van der Waals surface area (Å²) < 4.78 is 11.1. The molecule has 90 valence electrons. The van der Waals surface area contributed by atoms with Crippen LogP contribution in [0, 0.1) is 0 Å². The minimum Gasteiger partial charge on any atom is -0.496 e. The standard InChI is InChI=1S/C11H10BrClN2O2/c1-6(13)10-14-11(17-15-10)7-3-4-9(16-2)8(12)5-7/h3-6H,1-2H3. The van der Waals surface area contributed by atoms with Crippen molar-refractivity contribution in [3.63, 3.8) is 0 Å². The van der Waals surface area contributed by atoms with E-state index in [1.54, 1.807) is 14.0 Å². The third kappa shape index (κ3) is 2.61. The van der Waals surface area contributed by atoms with Gasteiger partial charge in [0, 0.05) is 5.56 Å². The molecular formula is C11H10BrClN2O2. The van der Waals surface area contributed by atoms with E-state index in [0.29, 0.717) is 11.7 Å². The summed E-state index contributed by atoms with van der Waals surface area (Å²) in [6.45, 7) is 1.79. The van der Waals surface area contributed by atoms with Crippen molar-refractivity contribution in [3.8, 4) is 17.2 Å². The molecule has 1 aromatic carbocycles. The highest BCUT2D eigenvalue weighted by atomic mass is 79.9. The fourth-order valence-electron chi connectivity index (χ4n) is 1.31. The first-order valence-corrected chi connectivity index (χ1v) is 6.16. The zero-order valence-electron chi connectivity index (χ0n) is 9.28. The van der Waals surface area contributed by atoms with Crippen LogP contribution in [0.15, 0.2) is 27.2 Å². The Morgan fingerprint density at radius 3 is 2.76 bits per heavy atom. The van der Waals surface area contributed by atoms with E-state index in [1.807, 2.05) is 18.2 Å². The van der Waals surface area contributed by atoms with Crippen LogP contribution in [0.2, 0.25) is 0 Å². The molecule has 0 fully saturated rings. The van der Waals surface area contributed by atoms with Crippen molar-refractivity contribution < 1.29 is 9.26 Å². The summed E-state index contributed by atoms with van der Waals surface area (Å²) in [5.74, 6) is 1.67. The van der Waals surface area contributed by atoms with Crippen LogP contribution in [0.25, 0.3) is 11.5 Å². The number of alkyl halides is 1. The Balaban J connectivity index is 2.36. The van der Waals surface area contributed by atoms with Gasteiger partial charge in [0.1, 0.15) is 5.75 Å². The number of hydrogen-bond donors (Lipinski definition) is 0. The Kier molecular flexibility index (Phi) is 3.69. The Bertz CT molecular complexity index is 528. The molecule has 0 N–H and O–H groups in total. The third-order valence-electron chi connectivity index (χ3n) is 2.20. The molecule has 0 radical (unpaired) electrons. The van der Waals surface area contributed by atoms with Gasteiger partial charge in [0.2, 0.25) is 0 Å². The average molecular weight is 318 g/mol. The molecule has 0 saturated heterocycles. The maximum atomic E-state index is 5.87. The van der Waals surface area contributed by atoms with Crippen LogP contribution in [-0.2, 0) is 0 Å². The van der Waals surface area contributed by atoms with Crippen LogP contribution in [-0.4, -0.2) is 17.3 Å². The maximum Gasteiger partial charge on any atom is 0.258 e. The SMILES string of the molecule is COc1ccc(-c2nc(C(C)Cl)no2)cc1Br. The van der Waals surface area contributed by atoms with Gasteiger partial charge < -0.3 is 9.26 Å². The fourth-order valence-corrected chi connectivity index (χ4v) is 1.94. The zero-order chi connectivity index (χ0) is 12.4. The molecule has 1 atom stereocenters. The number of ether oxygens (including phenoxy) is 1. The van der Waals surface area contributed by atoms with E-state index >= 15 is 0 Å². The highest BCUT2D eigenvalue weighted by Crippen LogP contribution is 2.30. The summed E-state index contributed by atoms with van der Waals surface area (Å²) in [7, 11) is 1.61. The minimum absolute atomic E-state index is 0.269. The molecule has 0 aliphatic carbocycles. The molecule has 0 aliphatic rings. The number of benzene rings is 1. The number of halogens is 2. The lowest BCUT2D eigenvalue weighted by Gasteiger charge is -2.03. The van der Waals surface area contributed by atoms with Crippen LogP contribution in [0.5, 0.6) is 5.75 Å². The van der Waals surface area contributed by atoms with E-state index in [9.17, 15) is 0 Å². The van der Waals surface area contributed by atoms with Gasteiger partial charge in [0.05, 0.1) is 17.0 Å². The molecule has 4 nitrogen and oxygen atoms in total. The molecule has 0 saturated carbocycles. The number of aromatic nitrogens is 2. The first kappa shape index (κ1) is 12.4. The lowest BCUT2D eigenvalue weighted by Crippen LogP contribution is -1.87. The first-order chi connectivity index (χ1) is 8.11. The second-order valence-corrected chi connectivity index (χ2v) is 4.93. The van der Waals surface area contributed by atoms with Gasteiger partial charge in [-0.25, -0.2) is 0 Å². The van der Waals surface area contributed by atoms with Gasteiger partial charge >= 0.3 is 0 Å². The van der Waals surface area contributed by atoms with Crippen molar-refractivity contribution in [2.75, 3.05) is 7.11 Å². The Morgan fingerprint density at radius 2 is 2.24 bits per heavy atom. The van der Waals surface area contributed by atoms with Crippen LogP contribution in [0.1, 0.15) is 18.1 Å². The second-order valence-electron chi connectivity index (χ2n) is 3.42. The van der Waals surface area contributed by atoms with Gasteiger partial charge in [0.25, 0.3) is 5.89 Å². The Labute approximate surface area is 112 Å². The smallest absolute Gasteiger partial charge is 0.258 e. The summed E-state index contributed by atoms with van der Waals surface area (Å²) >= 11 is 9.27. The van der Waals surface area contributed by atoms with Crippen molar-refractivity contribution in [2.45, 2.75) is 12.3 Å². The largest absolute Gasteiger partial charge is 0.496 e. The molecule has 17 heavy (non-hydrogen) atoms. The number of nitrogens with zero attached hydrogens (tertiary/aromatic N) is 2. The molecule has 0 aliphatic heterocycles. The summed E-state index contributed by atoms with van der Waals surface area (Å²) in [5.41, 5.74) is 0.814. The molecule has 1 unspecified atom stereocenters. The van der Waals surface area contributed by atoms with Gasteiger partial charge in [-0.1, -0.05) is 5.16 Å². The topological polar surface area (TPSA) is 48.2 Å². The van der Waals surface area contributed by atoms with Crippen LogP contribution in [0.3, 0.4) is 0 Å². The van der Waals surface area contributed by atoms with Crippen molar-refractivity contribution in [1.29, 1.82) is 0 Å². The lowest BCUT2D eigenvalue weighted by molar-refractivity contribution is 0.411. The van der Waals surface area contributed by atoms with Crippen molar-refractivity contribution in [3.05, 3.63) is 28.5 Å². The van der Waals surface area contributed by atoms with Gasteiger partial charge in [0.15, 0.2) is 5.82 Å². The molecule has 2 rings (SSSR count). The molecule has 2 aromatic rings. The van der Waals surface area contributed by atoms with Gasteiger partial charge in [-0.15, -0.1) is 11.6 Å². The quantitative estimate of drug-likeness (QED) is 0.808. The van der Waals surface area contributed by atoms with E-state index in [4.69, 9.17) is 20.9 Å². The van der Waals surface area contributed by atoms with E-state index in [2.05, 4.69) is 26.1 Å². The first-order valence-electron chi connectivity index (χ1n) is 4.93. The predicted molar refractivity (Wildman–Crippen MR) is 68.3 cm³/mol. The normalized spacial score (nSPS) is 12.5. The zero-order valence-corrected chi connectivity index (χ0v) is 11.6. The second kappa shape index (κ2) is 5.06. The van der Waals surface area contributed by atoms with E-state index < -0.39 is 0 Å². The average Bonchev–Trinajstić information content (AvgIpc) is 2.78. The number of methoxy groups -OCH3 is 1. The summed E-state index contributed by atoms with van der Waals surface area (Å²) in [4.78, 5) is 4.21. The van der Waals surface area contributed by atoms with Crippen LogP contribution >= 0.6 is 27.5 Å². The van der Waals surface area contributed by atoms with Gasteiger partial charge in [-0.2, -0.15) is 4.98 Å². The maximum absolute atomic E-state index is 5.87. The highest BCUT2D eigenvalue weighted by Gasteiger charge is 2.13. The van der Waals surface area contributed by atoms with Crippen molar-refractivity contribution in [1.82, 2.24) is 10.1 Å². The Morgan fingerprint density at radius 1 is 1.47 bits per heavy atom. The molecule has 1 heterocycles. The van der Waals surface area contributed by atoms with Crippen LogP contribution < -0.4 is 4.74 Å². The molecule has 6 heteroatoms. The highest BCUT2D eigenvalue weighted by molar-refractivity contribution is 9.10.